The quantitative estimate of drug-likeness (QED) is 0.767. The molecule has 19 heavy (non-hydrogen) atoms. The van der Waals surface area contributed by atoms with E-state index in [-0.39, 0.29) is 11.6 Å². The molecule has 1 aromatic rings. The van der Waals surface area contributed by atoms with Crippen LogP contribution < -0.4 is 5.32 Å². The topological polar surface area (TPSA) is 85.4 Å². The van der Waals surface area contributed by atoms with Gasteiger partial charge in [-0.25, -0.2) is 9.59 Å². The Morgan fingerprint density at radius 1 is 1.26 bits per heavy atom. The minimum atomic E-state index is -1.04. The first-order chi connectivity index (χ1) is 9.09. The van der Waals surface area contributed by atoms with Crippen molar-refractivity contribution in [3.05, 3.63) is 17.5 Å². The molecule has 1 fully saturated rings. The van der Waals surface area contributed by atoms with Gasteiger partial charge in [0.2, 0.25) is 0 Å². The van der Waals surface area contributed by atoms with Crippen molar-refractivity contribution in [3.8, 4) is 0 Å². The third-order valence-corrected chi connectivity index (χ3v) is 3.43. The highest BCUT2D eigenvalue weighted by molar-refractivity contribution is 6.01. The lowest BCUT2D eigenvalue weighted by molar-refractivity contribution is 0.0697. The lowest BCUT2D eigenvalue weighted by Crippen LogP contribution is -2.35. The number of aryl methyl sites for hydroxylation is 1. The van der Waals surface area contributed by atoms with E-state index < -0.39 is 5.97 Å². The normalized spacial score (nSPS) is 15.9. The number of aromatic nitrogens is 1. The molecule has 0 saturated carbocycles. The lowest BCUT2D eigenvalue weighted by atomic mass is 10.2. The number of nitrogens with zero attached hydrogens (tertiary/aromatic N) is 1. The molecule has 2 rings (SSSR count). The van der Waals surface area contributed by atoms with Gasteiger partial charge in [0.15, 0.2) is 0 Å². The Balaban J connectivity index is 2.08. The van der Waals surface area contributed by atoms with Crippen LogP contribution in [0, 0.1) is 6.92 Å². The van der Waals surface area contributed by atoms with Crippen LogP contribution in [0.2, 0.25) is 0 Å². The summed E-state index contributed by atoms with van der Waals surface area (Å²) in [5.74, 6) is -1.04. The van der Waals surface area contributed by atoms with Gasteiger partial charge in [0.05, 0.1) is 5.69 Å². The van der Waals surface area contributed by atoms with Crippen molar-refractivity contribution in [2.75, 3.05) is 18.4 Å². The molecule has 1 aromatic heterocycles. The standard InChI is InChI=1S/C13H19N3O3/c1-9-11(12(17)18)10(8-14-9)15-13(19)16-6-4-2-3-5-7-16/h8,14H,2-7H2,1H3,(H,15,19)(H,17,18). The maximum Gasteiger partial charge on any atom is 0.339 e. The monoisotopic (exact) mass is 265 g/mol. The van der Waals surface area contributed by atoms with E-state index in [0.29, 0.717) is 11.4 Å². The number of carboxylic acid groups (broad SMARTS) is 1. The fraction of sp³-hybridized carbons (Fsp3) is 0.538. The molecule has 0 spiro atoms. The molecular formula is C13H19N3O3. The van der Waals surface area contributed by atoms with Crippen LogP contribution in [-0.2, 0) is 0 Å². The van der Waals surface area contributed by atoms with Gasteiger partial charge in [-0.05, 0) is 19.8 Å². The van der Waals surface area contributed by atoms with Crippen molar-refractivity contribution < 1.29 is 14.7 Å². The Bertz CT molecular complexity index is 473. The molecule has 1 saturated heterocycles. The summed E-state index contributed by atoms with van der Waals surface area (Å²) in [4.78, 5) is 27.8. The van der Waals surface area contributed by atoms with Gasteiger partial charge in [0, 0.05) is 25.0 Å². The maximum atomic E-state index is 12.1. The fourth-order valence-corrected chi connectivity index (χ4v) is 2.37. The second-order valence-corrected chi connectivity index (χ2v) is 4.84. The van der Waals surface area contributed by atoms with Crippen molar-refractivity contribution >= 4 is 17.7 Å². The van der Waals surface area contributed by atoms with Crippen LogP contribution in [0.25, 0.3) is 0 Å². The lowest BCUT2D eigenvalue weighted by Gasteiger charge is -2.20. The Kier molecular flexibility index (Phi) is 4.09. The molecule has 0 unspecified atom stereocenters. The zero-order valence-electron chi connectivity index (χ0n) is 11.0. The van der Waals surface area contributed by atoms with E-state index in [4.69, 9.17) is 5.11 Å². The number of carbonyl (C=O) groups excluding carboxylic acids is 1. The molecule has 1 aliphatic heterocycles. The molecule has 6 heteroatoms. The molecule has 1 aliphatic rings. The zero-order chi connectivity index (χ0) is 13.8. The number of aromatic amines is 1. The van der Waals surface area contributed by atoms with Crippen molar-refractivity contribution in [1.29, 1.82) is 0 Å². The van der Waals surface area contributed by atoms with Crippen LogP contribution >= 0.6 is 0 Å². The van der Waals surface area contributed by atoms with E-state index in [1.165, 1.54) is 6.20 Å². The Morgan fingerprint density at radius 2 is 1.89 bits per heavy atom. The molecule has 2 heterocycles. The van der Waals surface area contributed by atoms with Gasteiger partial charge in [0.25, 0.3) is 0 Å². The largest absolute Gasteiger partial charge is 0.478 e. The molecule has 0 atom stereocenters. The summed E-state index contributed by atoms with van der Waals surface area (Å²) >= 11 is 0. The Hall–Kier alpha value is -1.98. The number of amides is 2. The van der Waals surface area contributed by atoms with Crippen molar-refractivity contribution in [2.24, 2.45) is 0 Å². The van der Waals surface area contributed by atoms with E-state index in [1.807, 2.05) is 0 Å². The molecule has 2 amide bonds. The smallest absolute Gasteiger partial charge is 0.339 e. The van der Waals surface area contributed by atoms with Crippen molar-refractivity contribution in [2.45, 2.75) is 32.6 Å². The fourth-order valence-electron chi connectivity index (χ4n) is 2.37. The van der Waals surface area contributed by atoms with E-state index in [2.05, 4.69) is 10.3 Å². The summed E-state index contributed by atoms with van der Waals surface area (Å²) in [6, 6.07) is -0.219. The van der Waals surface area contributed by atoms with Gasteiger partial charge in [-0.2, -0.15) is 0 Å². The van der Waals surface area contributed by atoms with E-state index >= 15 is 0 Å². The van der Waals surface area contributed by atoms with Crippen LogP contribution in [0.3, 0.4) is 0 Å². The second-order valence-electron chi connectivity index (χ2n) is 4.84. The molecule has 0 bridgehead atoms. The summed E-state index contributed by atoms with van der Waals surface area (Å²) in [7, 11) is 0. The molecular weight excluding hydrogens is 246 g/mol. The predicted octanol–water partition coefficient (Wildman–Crippen LogP) is 2.43. The minimum Gasteiger partial charge on any atom is -0.478 e. The van der Waals surface area contributed by atoms with E-state index in [1.54, 1.807) is 11.8 Å². The first-order valence-electron chi connectivity index (χ1n) is 6.57. The average molecular weight is 265 g/mol. The van der Waals surface area contributed by atoms with Crippen LogP contribution in [0.15, 0.2) is 6.20 Å². The van der Waals surface area contributed by atoms with E-state index in [9.17, 15) is 9.59 Å². The number of rotatable bonds is 2. The number of H-pyrrole nitrogens is 1. The number of hydrogen-bond donors (Lipinski definition) is 3. The van der Waals surface area contributed by atoms with Crippen LogP contribution in [0.4, 0.5) is 10.5 Å². The van der Waals surface area contributed by atoms with Crippen molar-refractivity contribution in [3.63, 3.8) is 0 Å². The number of nitrogens with one attached hydrogen (secondary N) is 2. The highest BCUT2D eigenvalue weighted by atomic mass is 16.4. The van der Waals surface area contributed by atoms with Gasteiger partial charge < -0.3 is 20.3 Å². The number of urea groups is 1. The molecule has 6 nitrogen and oxygen atoms in total. The number of anilines is 1. The number of likely N-dealkylation sites (tertiary alicyclic amines) is 1. The number of carbonyl (C=O) groups is 2. The van der Waals surface area contributed by atoms with Gasteiger partial charge in [-0.1, -0.05) is 12.8 Å². The summed E-state index contributed by atoms with van der Waals surface area (Å²) in [6.07, 6.45) is 5.83. The molecule has 0 radical (unpaired) electrons. The summed E-state index contributed by atoms with van der Waals surface area (Å²) in [5.41, 5.74) is 1.00. The second kappa shape index (κ2) is 5.77. The van der Waals surface area contributed by atoms with Crippen molar-refractivity contribution in [1.82, 2.24) is 9.88 Å². The summed E-state index contributed by atoms with van der Waals surface area (Å²) in [5, 5.41) is 11.8. The minimum absolute atomic E-state index is 0.128. The van der Waals surface area contributed by atoms with Crippen LogP contribution in [0.5, 0.6) is 0 Å². The Labute approximate surface area is 111 Å². The zero-order valence-corrected chi connectivity index (χ0v) is 11.0. The predicted molar refractivity (Wildman–Crippen MR) is 71.5 cm³/mol. The number of aromatic carboxylic acids is 1. The van der Waals surface area contributed by atoms with Gasteiger partial charge >= 0.3 is 12.0 Å². The SMILES string of the molecule is Cc1[nH]cc(NC(=O)N2CCCCCC2)c1C(=O)O. The van der Waals surface area contributed by atoms with Gasteiger partial charge in [-0.3, -0.25) is 0 Å². The molecule has 104 valence electrons. The van der Waals surface area contributed by atoms with Gasteiger partial charge in [-0.15, -0.1) is 0 Å². The summed E-state index contributed by atoms with van der Waals surface area (Å²) in [6.45, 7) is 3.14. The number of hydrogen-bond acceptors (Lipinski definition) is 2. The third-order valence-electron chi connectivity index (χ3n) is 3.43. The first kappa shape index (κ1) is 13.5. The van der Waals surface area contributed by atoms with E-state index in [0.717, 1.165) is 38.8 Å². The maximum absolute atomic E-state index is 12.1. The molecule has 3 N–H and O–H groups in total. The molecule has 0 aliphatic carbocycles. The summed E-state index contributed by atoms with van der Waals surface area (Å²) < 4.78 is 0. The highest BCUT2D eigenvalue weighted by Gasteiger charge is 2.20. The van der Waals surface area contributed by atoms with Gasteiger partial charge in [0.1, 0.15) is 5.56 Å². The third kappa shape index (κ3) is 3.07. The van der Waals surface area contributed by atoms with Crippen LogP contribution in [0.1, 0.15) is 41.7 Å². The average Bonchev–Trinajstić information content (AvgIpc) is 2.59. The molecule has 0 aromatic carbocycles. The highest BCUT2D eigenvalue weighted by Crippen LogP contribution is 2.20. The Morgan fingerprint density at radius 3 is 2.47 bits per heavy atom. The number of carboxylic acids is 1. The first-order valence-corrected chi connectivity index (χ1v) is 6.57. The van der Waals surface area contributed by atoms with Crippen LogP contribution in [-0.4, -0.2) is 40.1 Å².